The molecular formula is C14H17NO5S. The van der Waals surface area contributed by atoms with E-state index >= 15 is 0 Å². The second-order valence-electron chi connectivity index (χ2n) is 4.17. The van der Waals surface area contributed by atoms with E-state index in [2.05, 4.69) is 21.3 Å². The van der Waals surface area contributed by atoms with Crippen molar-refractivity contribution in [1.82, 2.24) is 0 Å². The summed E-state index contributed by atoms with van der Waals surface area (Å²) in [6, 6.07) is 6.46. The van der Waals surface area contributed by atoms with Crippen LogP contribution in [-0.4, -0.2) is 38.5 Å². The van der Waals surface area contributed by atoms with E-state index in [4.69, 9.17) is 5.11 Å². The van der Waals surface area contributed by atoms with Crippen LogP contribution in [0.15, 0.2) is 24.3 Å². The Balaban J connectivity index is 2.91. The maximum absolute atomic E-state index is 12.0. The fourth-order valence-corrected chi connectivity index (χ4v) is 2.41. The first-order valence-corrected chi connectivity index (χ1v) is 7.74. The molecule has 0 aliphatic heterocycles. The molecule has 0 radical (unpaired) electrons. The van der Waals surface area contributed by atoms with Crippen LogP contribution < -0.4 is 4.72 Å². The molecule has 6 nitrogen and oxygen atoms in total. The van der Waals surface area contributed by atoms with Crippen molar-refractivity contribution < 1.29 is 23.1 Å². The van der Waals surface area contributed by atoms with Crippen molar-refractivity contribution in [2.45, 2.75) is 18.6 Å². The molecule has 2 N–H and O–H groups in total. The number of methoxy groups -OCH3 is 1. The molecule has 0 aromatic heterocycles. The number of aliphatic hydroxyl groups is 1. The topological polar surface area (TPSA) is 92.7 Å². The minimum atomic E-state index is -3.88. The number of esters is 1. The monoisotopic (exact) mass is 311 g/mol. The summed E-state index contributed by atoms with van der Waals surface area (Å²) in [6.45, 7) is 1.22. The van der Waals surface area contributed by atoms with Crippen LogP contribution >= 0.6 is 0 Å². The molecule has 0 amide bonds. The Morgan fingerprint density at radius 2 is 2.19 bits per heavy atom. The van der Waals surface area contributed by atoms with Crippen LogP contribution in [0.3, 0.4) is 0 Å². The number of rotatable bonds is 5. The fraction of sp³-hybridized carbons (Fsp3) is 0.357. The summed E-state index contributed by atoms with van der Waals surface area (Å²) in [4.78, 5) is 11.3. The Bertz CT molecular complexity index is 657. The van der Waals surface area contributed by atoms with Crippen LogP contribution in [0.5, 0.6) is 0 Å². The Kier molecular flexibility index (Phi) is 6.21. The number of benzene rings is 1. The minimum Gasteiger partial charge on any atom is -0.468 e. The molecular weight excluding hydrogens is 294 g/mol. The van der Waals surface area contributed by atoms with E-state index in [0.717, 1.165) is 7.11 Å². The summed E-state index contributed by atoms with van der Waals surface area (Å²) in [5, 5.41) is 7.34. The highest BCUT2D eigenvalue weighted by atomic mass is 32.2. The van der Waals surface area contributed by atoms with E-state index in [1.807, 2.05) is 0 Å². The third-order valence-electron chi connectivity index (χ3n) is 2.59. The summed E-state index contributed by atoms with van der Waals surface area (Å²) >= 11 is 0. The zero-order valence-electron chi connectivity index (χ0n) is 11.8. The molecule has 1 atom stereocenters. The molecule has 21 heavy (non-hydrogen) atoms. The number of anilines is 1. The number of carbonyl (C=O) groups excluding carboxylic acids is 1. The molecule has 0 spiro atoms. The Hall–Kier alpha value is -2.04. The van der Waals surface area contributed by atoms with Gasteiger partial charge in [0, 0.05) is 17.7 Å². The quantitative estimate of drug-likeness (QED) is 0.617. The van der Waals surface area contributed by atoms with E-state index in [1.165, 1.54) is 6.92 Å². The second-order valence-corrected chi connectivity index (χ2v) is 6.17. The van der Waals surface area contributed by atoms with Gasteiger partial charge in [0.1, 0.15) is 0 Å². The number of aliphatic hydroxyl groups excluding tert-OH is 1. The standard InChI is InChI=1S/C14H17NO5S/c1-11(14(17)20-2)21(18,19)15-13-8-5-7-12(10-13)6-3-4-9-16/h5,7-8,10-11,15-16H,4,9H2,1-2H3. The predicted octanol–water partition coefficient (Wildman–Crippen LogP) is 0.724. The summed E-state index contributed by atoms with van der Waals surface area (Å²) in [5.41, 5.74) is 0.913. The first-order chi connectivity index (χ1) is 9.90. The van der Waals surface area contributed by atoms with Crippen LogP contribution in [0.25, 0.3) is 0 Å². The molecule has 0 aliphatic carbocycles. The lowest BCUT2D eigenvalue weighted by Gasteiger charge is -2.13. The average molecular weight is 311 g/mol. The predicted molar refractivity (Wildman–Crippen MR) is 79.0 cm³/mol. The van der Waals surface area contributed by atoms with E-state index in [0.29, 0.717) is 17.7 Å². The number of carbonyl (C=O) groups is 1. The maximum Gasteiger partial charge on any atom is 0.325 e. The number of nitrogens with one attached hydrogen (secondary N) is 1. The summed E-state index contributed by atoms with van der Waals surface area (Å²) < 4.78 is 30.7. The van der Waals surface area contributed by atoms with Gasteiger partial charge in [-0.2, -0.15) is 0 Å². The first kappa shape index (κ1) is 17.0. The van der Waals surface area contributed by atoms with E-state index in [9.17, 15) is 13.2 Å². The number of ether oxygens (including phenoxy) is 1. The van der Waals surface area contributed by atoms with Crippen molar-refractivity contribution in [1.29, 1.82) is 0 Å². The van der Waals surface area contributed by atoms with Crippen LogP contribution in [0, 0.1) is 11.8 Å². The highest BCUT2D eigenvalue weighted by Gasteiger charge is 2.28. The summed E-state index contributed by atoms with van der Waals surface area (Å²) in [5.74, 6) is 4.71. The normalized spacial score (nSPS) is 12.0. The Morgan fingerprint density at radius 1 is 1.48 bits per heavy atom. The van der Waals surface area contributed by atoms with Crippen molar-refractivity contribution in [2.75, 3.05) is 18.4 Å². The highest BCUT2D eigenvalue weighted by Crippen LogP contribution is 2.14. The van der Waals surface area contributed by atoms with Gasteiger partial charge in [-0.1, -0.05) is 17.9 Å². The first-order valence-electron chi connectivity index (χ1n) is 6.20. The molecule has 1 rings (SSSR count). The van der Waals surface area contributed by atoms with E-state index in [1.54, 1.807) is 24.3 Å². The van der Waals surface area contributed by atoms with Gasteiger partial charge in [-0.25, -0.2) is 8.42 Å². The maximum atomic E-state index is 12.0. The lowest BCUT2D eigenvalue weighted by atomic mass is 10.2. The molecule has 1 unspecified atom stereocenters. The number of sulfonamides is 1. The fourth-order valence-electron chi connectivity index (χ4n) is 1.43. The average Bonchev–Trinajstić information content (AvgIpc) is 2.46. The third-order valence-corrected chi connectivity index (χ3v) is 4.23. The number of hydrogen-bond acceptors (Lipinski definition) is 5. The van der Waals surface area contributed by atoms with Gasteiger partial charge in [0.15, 0.2) is 5.25 Å². The zero-order valence-corrected chi connectivity index (χ0v) is 12.6. The smallest absolute Gasteiger partial charge is 0.325 e. The van der Waals surface area contributed by atoms with Gasteiger partial charge in [-0.3, -0.25) is 9.52 Å². The highest BCUT2D eigenvalue weighted by molar-refractivity contribution is 7.94. The van der Waals surface area contributed by atoms with Crippen molar-refractivity contribution >= 4 is 21.7 Å². The van der Waals surface area contributed by atoms with Crippen LogP contribution in [0.1, 0.15) is 18.9 Å². The van der Waals surface area contributed by atoms with Gasteiger partial charge >= 0.3 is 5.97 Å². The summed E-state index contributed by atoms with van der Waals surface area (Å²) in [7, 11) is -2.75. The SMILES string of the molecule is COC(=O)C(C)S(=O)(=O)Nc1cccc(C#CCCO)c1. The molecule has 0 saturated carbocycles. The second kappa shape index (κ2) is 7.67. The van der Waals surface area contributed by atoms with Gasteiger partial charge < -0.3 is 9.84 Å². The molecule has 7 heteroatoms. The van der Waals surface area contributed by atoms with Gasteiger partial charge in [0.25, 0.3) is 0 Å². The van der Waals surface area contributed by atoms with Crippen molar-refractivity contribution in [3.8, 4) is 11.8 Å². The summed E-state index contributed by atoms with van der Waals surface area (Å²) in [6.07, 6.45) is 0.343. The molecule has 0 bridgehead atoms. The molecule has 1 aromatic carbocycles. The molecule has 0 fully saturated rings. The van der Waals surface area contributed by atoms with Crippen LogP contribution in [0.2, 0.25) is 0 Å². The minimum absolute atomic E-state index is 0.0318. The van der Waals surface area contributed by atoms with Crippen LogP contribution in [0.4, 0.5) is 5.69 Å². The third kappa shape index (κ3) is 5.10. The molecule has 0 saturated heterocycles. The molecule has 0 heterocycles. The van der Waals surface area contributed by atoms with Crippen molar-refractivity contribution in [2.24, 2.45) is 0 Å². The van der Waals surface area contributed by atoms with Gasteiger partial charge in [0.05, 0.1) is 13.7 Å². The zero-order chi connectivity index (χ0) is 15.9. The van der Waals surface area contributed by atoms with E-state index < -0.39 is 21.2 Å². The Labute approximate surface area is 124 Å². The van der Waals surface area contributed by atoms with Crippen molar-refractivity contribution in [3.63, 3.8) is 0 Å². The lowest BCUT2D eigenvalue weighted by Crippen LogP contribution is -2.33. The van der Waals surface area contributed by atoms with Gasteiger partial charge in [0.2, 0.25) is 10.0 Å². The lowest BCUT2D eigenvalue weighted by molar-refractivity contribution is -0.139. The molecule has 114 valence electrons. The van der Waals surface area contributed by atoms with Gasteiger partial charge in [-0.15, -0.1) is 0 Å². The van der Waals surface area contributed by atoms with Crippen LogP contribution in [-0.2, 0) is 19.6 Å². The Morgan fingerprint density at radius 3 is 2.81 bits per heavy atom. The number of hydrogen-bond donors (Lipinski definition) is 2. The molecule has 1 aromatic rings. The van der Waals surface area contributed by atoms with Gasteiger partial charge in [-0.05, 0) is 25.1 Å². The molecule has 0 aliphatic rings. The largest absolute Gasteiger partial charge is 0.468 e. The van der Waals surface area contributed by atoms with Crippen molar-refractivity contribution in [3.05, 3.63) is 29.8 Å². The van der Waals surface area contributed by atoms with E-state index in [-0.39, 0.29) is 6.61 Å².